The molecular weight excluding hydrogens is 457 g/mol. The summed E-state index contributed by atoms with van der Waals surface area (Å²) >= 11 is 0. The first-order valence-corrected chi connectivity index (χ1v) is 11.2. The van der Waals surface area contributed by atoms with Crippen molar-refractivity contribution in [1.82, 2.24) is 19.7 Å². The number of aromatic nitrogens is 3. The highest BCUT2D eigenvalue weighted by molar-refractivity contribution is 6.01. The molecule has 10 nitrogen and oxygen atoms in total. The number of halogens is 1. The molecule has 2 unspecified atom stereocenters. The van der Waals surface area contributed by atoms with E-state index in [0.29, 0.717) is 24.1 Å². The second-order valence-electron chi connectivity index (χ2n) is 8.73. The van der Waals surface area contributed by atoms with E-state index in [4.69, 9.17) is 19.4 Å². The van der Waals surface area contributed by atoms with Crippen molar-refractivity contribution in [2.75, 3.05) is 25.2 Å². The Bertz CT molecular complexity index is 1250. The van der Waals surface area contributed by atoms with Gasteiger partial charge in [-0.25, -0.2) is 4.39 Å². The Balaban J connectivity index is 0.000000806. The van der Waals surface area contributed by atoms with Gasteiger partial charge in [0.05, 0.1) is 0 Å². The lowest BCUT2D eigenvalue weighted by atomic mass is 9.89. The Morgan fingerprint density at radius 1 is 1.11 bits per heavy atom. The molecule has 2 atom stereocenters. The predicted molar refractivity (Wildman–Crippen MR) is 122 cm³/mol. The quantitative estimate of drug-likeness (QED) is 0.546. The minimum Gasteiger partial charge on any atom is -0.483 e. The zero-order valence-corrected chi connectivity index (χ0v) is 18.8. The van der Waals surface area contributed by atoms with Crippen LogP contribution in [-0.4, -0.2) is 57.0 Å². The first-order valence-electron chi connectivity index (χ1n) is 11.2. The number of anilines is 1. The van der Waals surface area contributed by atoms with Crippen LogP contribution in [0.3, 0.4) is 0 Å². The molecule has 1 amide bonds. The molecule has 182 valence electrons. The summed E-state index contributed by atoms with van der Waals surface area (Å²) < 4.78 is 26.2. The molecule has 2 aromatic carbocycles. The van der Waals surface area contributed by atoms with E-state index in [2.05, 4.69) is 26.5 Å². The van der Waals surface area contributed by atoms with E-state index in [-0.39, 0.29) is 25.0 Å². The largest absolute Gasteiger partial charge is 0.483 e. The monoisotopic (exact) mass is 481 g/mol. The molecule has 11 heteroatoms. The molecule has 0 radical (unpaired) electrons. The second-order valence-corrected chi connectivity index (χ2v) is 8.73. The average molecular weight is 481 g/mol. The van der Waals surface area contributed by atoms with Crippen LogP contribution in [0.1, 0.15) is 22.0 Å². The Kier molecular flexibility index (Phi) is 6.32. The van der Waals surface area contributed by atoms with Gasteiger partial charge in [0, 0.05) is 38.3 Å². The second kappa shape index (κ2) is 9.71. The average Bonchev–Trinajstić information content (AvgIpc) is 3.55. The van der Waals surface area contributed by atoms with Gasteiger partial charge in [0.2, 0.25) is 12.6 Å². The van der Waals surface area contributed by atoms with Crippen molar-refractivity contribution in [3.63, 3.8) is 0 Å². The van der Waals surface area contributed by atoms with Gasteiger partial charge in [-0.2, -0.15) is 0 Å². The van der Waals surface area contributed by atoms with Crippen molar-refractivity contribution < 1.29 is 28.6 Å². The number of carbonyl (C=O) groups excluding carboxylic acids is 1. The molecule has 1 aromatic heterocycles. The fourth-order valence-electron chi connectivity index (χ4n) is 4.97. The fourth-order valence-corrected chi connectivity index (χ4v) is 4.97. The van der Waals surface area contributed by atoms with Crippen LogP contribution in [0.15, 0.2) is 42.5 Å². The number of fused-ring (bicyclic) bond motifs is 3. The van der Waals surface area contributed by atoms with Gasteiger partial charge in [0.1, 0.15) is 11.6 Å². The molecule has 0 bridgehead atoms. The number of nitrogens with one attached hydrogen (secondary N) is 1. The molecule has 2 N–H and O–H groups in total. The number of hydrogen-bond acceptors (Lipinski definition) is 7. The van der Waals surface area contributed by atoms with Crippen LogP contribution in [0.4, 0.5) is 10.1 Å². The standard InChI is InChI=1S/C23H22FN5O3.CH2O2/c24-17-2-1-3-18(8-17)25-23(30)22-27-26-21-7-15-10-28(11-16(15)12-29(21)22)9-14-4-5-19-20(6-14)32-13-31-19;2-1-3/h1-6,8,15-16H,7,9-13H2,(H,25,30);1H,(H,2,3). The van der Waals surface area contributed by atoms with Crippen molar-refractivity contribution in [1.29, 1.82) is 0 Å². The van der Waals surface area contributed by atoms with Crippen LogP contribution in [-0.2, 0) is 24.3 Å². The molecule has 1 fully saturated rings. The fraction of sp³-hybridized carbons (Fsp3) is 0.333. The molecule has 3 aliphatic rings. The number of amides is 1. The predicted octanol–water partition coefficient (Wildman–Crippen LogP) is 2.40. The highest BCUT2D eigenvalue weighted by atomic mass is 19.1. The Hall–Kier alpha value is -3.99. The van der Waals surface area contributed by atoms with E-state index < -0.39 is 5.82 Å². The molecule has 0 aliphatic carbocycles. The van der Waals surface area contributed by atoms with Gasteiger partial charge in [0.15, 0.2) is 11.5 Å². The van der Waals surface area contributed by atoms with Crippen LogP contribution in [0.5, 0.6) is 11.5 Å². The lowest BCUT2D eigenvalue weighted by Crippen LogP contribution is -2.31. The zero-order valence-electron chi connectivity index (χ0n) is 18.8. The maximum Gasteiger partial charge on any atom is 0.293 e. The highest BCUT2D eigenvalue weighted by Crippen LogP contribution is 2.36. The number of nitrogens with zero attached hydrogens (tertiary/aromatic N) is 4. The molecule has 35 heavy (non-hydrogen) atoms. The molecule has 4 heterocycles. The van der Waals surface area contributed by atoms with Gasteiger partial charge >= 0.3 is 0 Å². The minimum atomic E-state index is -0.401. The van der Waals surface area contributed by atoms with Crippen molar-refractivity contribution in [2.24, 2.45) is 11.8 Å². The van der Waals surface area contributed by atoms with E-state index >= 15 is 0 Å². The van der Waals surface area contributed by atoms with Gasteiger partial charge < -0.3 is 24.5 Å². The molecule has 1 saturated heterocycles. The number of carboxylic acid groups (broad SMARTS) is 1. The third-order valence-corrected chi connectivity index (χ3v) is 6.47. The van der Waals surface area contributed by atoms with Crippen LogP contribution >= 0.6 is 0 Å². The number of ether oxygens (including phenoxy) is 2. The molecule has 3 aromatic rings. The zero-order chi connectivity index (χ0) is 24.4. The van der Waals surface area contributed by atoms with Gasteiger partial charge in [0.25, 0.3) is 12.4 Å². The third kappa shape index (κ3) is 4.80. The van der Waals surface area contributed by atoms with Gasteiger partial charge in [-0.15, -0.1) is 10.2 Å². The smallest absolute Gasteiger partial charge is 0.293 e. The van der Waals surface area contributed by atoms with Gasteiger partial charge in [-0.1, -0.05) is 12.1 Å². The number of carbonyl (C=O) groups is 2. The van der Waals surface area contributed by atoms with Crippen LogP contribution in [0, 0.1) is 17.7 Å². The summed E-state index contributed by atoms with van der Waals surface area (Å²) in [5.41, 5.74) is 1.60. The van der Waals surface area contributed by atoms with Gasteiger partial charge in [-0.05, 0) is 47.7 Å². The minimum absolute atomic E-state index is 0.250. The van der Waals surface area contributed by atoms with E-state index in [0.717, 1.165) is 43.4 Å². The SMILES string of the molecule is O=C(Nc1cccc(F)c1)c1nnc2n1CC1CN(Cc3ccc4c(c3)OCO4)CC1C2.O=CO. The molecule has 0 spiro atoms. The molecule has 6 rings (SSSR count). The normalized spacial score (nSPS) is 19.8. The van der Waals surface area contributed by atoms with Crippen LogP contribution in [0.2, 0.25) is 0 Å². The van der Waals surface area contributed by atoms with Crippen LogP contribution in [0.25, 0.3) is 0 Å². The topological polar surface area (TPSA) is 119 Å². The number of rotatable bonds is 4. The maximum atomic E-state index is 13.4. The maximum absolute atomic E-state index is 13.4. The summed E-state index contributed by atoms with van der Waals surface area (Å²) in [4.78, 5) is 23.6. The summed E-state index contributed by atoms with van der Waals surface area (Å²) in [5, 5.41) is 18.0. The summed E-state index contributed by atoms with van der Waals surface area (Å²) in [6.45, 7) is 3.51. The lowest BCUT2D eigenvalue weighted by Gasteiger charge is -2.25. The highest BCUT2D eigenvalue weighted by Gasteiger charge is 2.39. The van der Waals surface area contributed by atoms with Crippen molar-refractivity contribution in [3.8, 4) is 11.5 Å². The van der Waals surface area contributed by atoms with E-state index in [1.54, 1.807) is 12.1 Å². The Labute approximate surface area is 200 Å². The molecular formula is C24H24FN5O5. The van der Waals surface area contributed by atoms with Crippen LogP contribution < -0.4 is 14.8 Å². The van der Waals surface area contributed by atoms with E-state index in [9.17, 15) is 9.18 Å². The first-order chi connectivity index (χ1) is 17.0. The molecule has 0 saturated carbocycles. The van der Waals surface area contributed by atoms with E-state index in [1.165, 1.54) is 17.7 Å². The Morgan fingerprint density at radius 2 is 1.91 bits per heavy atom. The number of hydrogen-bond donors (Lipinski definition) is 2. The molecule has 3 aliphatic heterocycles. The Morgan fingerprint density at radius 3 is 2.74 bits per heavy atom. The van der Waals surface area contributed by atoms with Crippen molar-refractivity contribution in [2.45, 2.75) is 19.5 Å². The summed E-state index contributed by atoms with van der Waals surface area (Å²) in [6.07, 6.45) is 0.794. The van der Waals surface area contributed by atoms with Gasteiger partial charge in [-0.3, -0.25) is 14.5 Å². The number of likely N-dealkylation sites (tertiary alicyclic amines) is 1. The third-order valence-electron chi connectivity index (χ3n) is 6.47. The van der Waals surface area contributed by atoms with E-state index in [1.807, 2.05) is 16.7 Å². The lowest BCUT2D eigenvalue weighted by molar-refractivity contribution is -0.122. The summed E-state index contributed by atoms with van der Waals surface area (Å²) in [5.74, 6) is 2.85. The van der Waals surface area contributed by atoms with Crippen molar-refractivity contribution >= 4 is 18.1 Å². The summed E-state index contributed by atoms with van der Waals surface area (Å²) in [7, 11) is 0. The number of benzene rings is 2. The summed E-state index contributed by atoms with van der Waals surface area (Å²) in [6, 6.07) is 11.9. The van der Waals surface area contributed by atoms with Crippen molar-refractivity contribution in [3.05, 3.63) is 65.5 Å². The first kappa shape index (κ1) is 22.8.